The van der Waals surface area contributed by atoms with E-state index in [0.717, 1.165) is 0 Å². The van der Waals surface area contributed by atoms with E-state index in [-0.39, 0.29) is 5.91 Å². The van der Waals surface area contributed by atoms with Crippen LogP contribution >= 0.6 is 0 Å². The summed E-state index contributed by atoms with van der Waals surface area (Å²) in [6.45, 7) is 3.00. The van der Waals surface area contributed by atoms with Crippen molar-refractivity contribution >= 4 is 5.91 Å². The predicted octanol–water partition coefficient (Wildman–Crippen LogP) is 0.902. The van der Waals surface area contributed by atoms with Gasteiger partial charge in [-0.3, -0.25) is 4.79 Å². The van der Waals surface area contributed by atoms with Gasteiger partial charge in [0.1, 0.15) is 12.4 Å². The maximum atomic E-state index is 12.1. The van der Waals surface area contributed by atoms with Crippen molar-refractivity contribution in [3.63, 3.8) is 0 Å². The van der Waals surface area contributed by atoms with Crippen LogP contribution in [0.3, 0.4) is 0 Å². The van der Waals surface area contributed by atoms with Gasteiger partial charge in [-0.15, -0.1) is 0 Å². The fourth-order valence-corrected chi connectivity index (χ4v) is 1.80. The third-order valence-corrected chi connectivity index (χ3v) is 2.51. The van der Waals surface area contributed by atoms with Gasteiger partial charge >= 0.3 is 0 Å². The minimum atomic E-state index is -0.519. The number of aliphatic hydroxyl groups excluding tert-OH is 1. The number of fused-ring (bicyclic) bond motifs is 1. The molecule has 1 N–H and O–H groups in total. The molecule has 1 aliphatic heterocycles. The largest absolute Gasteiger partial charge is 0.491 e. The van der Waals surface area contributed by atoms with Crippen LogP contribution in [0.4, 0.5) is 0 Å². The van der Waals surface area contributed by atoms with Crippen LogP contribution in [0.15, 0.2) is 24.3 Å². The molecular formula is C12H15NO3. The molecule has 0 saturated heterocycles. The molecule has 4 heteroatoms. The Labute approximate surface area is 94.4 Å². The van der Waals surface area contributed by atoms with Crippen molar-refractivity contribution in [2.75, 3.05) is 19.7 Å². The number of β-amino-alcohol motifs (C(OH)–C–C–N with tert-alkyl or cyclic N) is 1. The molecule has 1 amide bonds. The van der Waals surface area contributed by atoms with Gasteiger partial charge in [-0.1, -0.05) is 12.1 Å². The van der Waals surface area contributed by atoms with E-state index in [1.165, 1.54) is 0 Å². The lowest BCUT2D eigenvalue weighted by Crippen LogP contribution is -2.37. The first-order valence-corrected chi connectivity index (χ1v) is 5.37. The standard InChI is InChI=1S/C12H15NO3/c1-9(14)8-13-6-7-16-11-5-3-2-4-10(11)12(13)15/h2-5,9,14H,6-8H2,1H3/t9-/m1/s1. The van der Waals surface area contributed by atoms with Crippen molar-refractivity contribution in [2.24, 2.45) is 0 Å². The number of rotatable bonds is 2. The van der Waals surface area contributed by atoms with Gasteiger partial charge in [-0.2, -0.15) is 0 Å². The Morgan fingerprint density at radius 2 is 2.25 bits per heavy atom. The molecule has 0 fully saturated rings. The van der Waals surface area contributed by atoms with Crippen LogP contribution in [0.5, 0.6) is 5.75 Å². The number of ether oxygens (including phenoxy) is 1. The summed E-state index contributed by atoms with van der Waals surface area (Å²) in [6.07, 6.45) is -0.519. The van der Waals surface area contributed by atoms with Crippen LogP contribution in [0.1, 0.15) is 17.3 Å². The van der Waals surface area contributed by atoms with Gasteiger partial charge in [0.05, 0.1) is 18.2 Å². The van der Waals surface area contributed by atoms with Gasteiger partial charge in [0.25, 0.3) is 5.91 Å². The summed E-state index contributed by atoms with van der Waals surface area (Å²) in [7, 11) is 0. The minimum absolute atomic E-state index is 0.0750. The fraction of sp³-hybridized carbons (Fsp3) is 0.417. The summed E-state index contributed by atoms with van der Waals surface area (Å²) in [5, 5.41) is 9.33. The Balaban J connectivity index is 2.26. The molecule has 0 unspecified atom stereocenters. The van der Waals surface area contributed by atoms with Crippen LogP contribution in [-0.2, 0) is 0 Å². The summed E-state index contributed by atoms with van der Waals surface area (Å²) in [4.78, 5) is 13.7. The van der Waals surface area contributed by atoms with Gasteiger partial charge in [0, 0.05) is 6.54 Å². The Hall–Kier alpha value is -1.55. The first kappa shape index (κ1) is 11.0. The molecule has 1 atom stereocenters. The molecule has 1 aliphatic rings. The van der Waals surface area contributed by atoms with Gasteiger partial charge < -0.3 is 14.7 Å². The van der Waals surface area contributed by atoms with E-state index in [9.17, 15) is 9.90 Å². The molecule has 4 nitrogen and oxygen atoms in total. The van der Waals surface area contributed by atoms with Gasteiger partial charge in [-0.25, -0.2) is 0 Å². The Kier molecular flexibility index (Phi) is 3.10. The molecule has 2 rings (SSSR count). The van der Waals surface area contributed by atoms with Crippen molar-refractivity contribution in [1.82, 2.24) is 4.90 Å². The highest BCUT2D eigenvalue weighted by Gasteiger charge is 2.23. The molecule has 0 aliphatic carbocycles. The maximum Gasteiger partial charge on any atom is 0.257 e. The summed E-state index contributed by atoms with van der Waals surface area (Å²) >= 11 is 0. The van der Waals surface area contributed by atoms with Crippen molar-refractivity contribution in [1.29, 1.82) is 0 Å². The van der Waals surface area contributed by atoms with E-state index in [0.29, 0.717) is 31.0 Å². The number of para-hydroxylation sites is 1. The molecule has 1 aromatic carbocycles. The molecular weight excluding hydrogens is 206 g/mol. The average Bonchev–Trinajstić information content (AvgIpc) is 2.40. The minimum Gasteiger partial charge on any atom is -0.491 e. The van der Waals surface area contributed by atoms with E-state index in [1.807, 2.05) is 12.1 Å². The second-order valence-electron chi connectivity index (χ2n) is 3.94. The molecule has 0 bridgehead atoms. The third kappa shape index (κ3) is 2.17. The summed E-state index contributed by atoms with van der Waals surface area (Å²) < 4.78 is 5.49. The Bertz CT molecular complexity index is 390. The van der Waals surface area contributed by atoms with Crippen LogP contribution in [-0.4, -0.2) is 41.7 Å². The topological polar surface area (TPSA) is 49.8 Å². The predicted molar refractivity (Wildman–Crippen MR) is 59.5 cm³/mol. The van der Waals surface area contributed by atoms with E-state index in [4.69, 9.17) is 4.74 Å². The lowest BCUT2D eigenvalue weighted by molar-refractivity contribution is 0.0644. The molecule has 0 aromatic heterocycles. The highest BCUT2D eigenvalue weighted by molar-refractivity contribution is 5.97. The summed E-state index contributed by atoms with van der Waals surface area (Å²) in [6, 6.07) is 7.19. The quantitative estimate of drug-likeness (QED) is 0.807. The zero-order valence-electron chi connectivity index (χ0n) is 9.22. The molecule has 16 heavy (non-hydrogen) atoms. The van der Waals surface area contributed by atoms with Crippen molar-refractivity contribution in [3.05, 3.63) is 29.8 Å². The second kappa shape index (κ2) is 4.53. The Morgan fingerprint density at radius 3 is 3.00 bits per heavy atom. The third-order valence-electron chi connectivity index (χ3n) is 2.51. The Morgan fingerprint density at radius 1 is 1.50 bits per heavy atom. The number of amides is 1. The number of nitrogens with zero attached hydrogens (tertiary/aromatic N) is 1. The molecule has 1 aromatic rings. The summed E-state index contributed by atoms with van der Waals surface area (Å²) in [5.74, 6) is 0.551. The monoisotopic (exact) mass is 221 g/mol. The first-order chi connectivity index (χ1) is 7.68. The van der Waals surface area contributed by atoms with E-state index >= 15 is 0 Å². The van der Waals surface area contributed by atoms with Gasteiger partial charge in [0.15, 0.2) is 0 Å². The molecule has 0 radical (unpaired) electrons. The van der Waals surface area contributed by atoms with Crippen molar-refractivity contribution in [2.45, 2.75) is 13.0 Å². The number of carbonyl (C=O) groups is 1. The highest BCUT2D eigenvalue weighted by atomic mass is 16.5. The lowest BCUT2D eigenvalue weighted by Gasteiger charge is -2.21. The average molecular weight is 221 g/mol. The number of hydrogen-bond donors (Lipinski definition) is 1. The highest BCUT2D eigenvalue weighted by Crippen LogP contribution is 2.22. The summed E-state index contributed by atoms with van der Waals surface area (Å²) in [5.41, 5.74) is 0.570. The van der Waals surface area contributed by atoms with Crippen molar-refractivity contribution < 1.29 is 14.6 Å². The molecule has 1 heterocycles. The van der Waals surface area contributed by atoms with Crippen LogP contribution < -0.4 is 4.74 Å². The SMILES string of the molecule is C[C@@H](O)CN1CCOc2ccccc2C1=O. The molecule has 0 spiro atoms. The number of carbonyl (C=O) groups excluding carboxylic acids is 1. The lowest BCUT2D eigenvalue weighted by atomic mass is 10.1. The molecule has 86 valence electrons. The van der Waals surface area contributed by atoms with Crippen LogP contribution in [0, 0.1) is 0 Å². The van der Waals surface area contributed by atoms with Crippen LogP contribution in [0.25, 0.3) is 0 Å². The smallest absolute Gasteiger partial charge is 0.257 e. The normalized spacial score (nSPS) is 17.4. The van der Waals surface area contributed by atoms with Crippen molar-refractivity contribution in [3.8, 4) is 5.75 Å². The van der Waals surface area contributed by atoms with Gasteiger partial charge in [0.2, 0.25) is 0 Å². The van der Waals surface area contributed by atoms with Gasteiger partial charge in [-0.05, 0) is 19.1 Å². The molecule has 0 saturated carbocycles. The fourth-order valence-electron chi connectivity index (χ4n) is 1.80. The van der Waals surface area contributed by atoms with Crippen LogP contribution in [0.2, 0.25) is 0 Å². The van der Waals surface area contributed by atoms with E-state index < -0.39 is 6.10 Å². The van der Waals surface area contributed by atoms with E-state index in [2.05, 4.69) is 0 Å². The zero-order chi connectivity index (χ0) is 11.5. The number of hydrogen-bond acceptors (Lipinski definition) is 3. The zero-order valence-corrected chi connectivity index (χ0v) is 9.22. The number of aliphatic hydroxyl groups is 1. The maximum absolute atomic E-state index is 12.1. The second-order valence-corrected chi connectivity index (χ2v) is 3.94. The van der Waals surface area contributed by atoms with E-state index in [1.54, 1.807) is 24.0 Å². The first-order valence-electron chi connectivity index (χ1n) is 5.37. The number of benzene rings is 1.